The summed E-state index contributed by atoms with van der Waals surface area (Å²) in [6, 6.07) is 7.30. The van der Waals surface area contributed by atoms with Crippen molar-refractivity contribution in [1.29, 1.82) is 0 Å². The van der Waals surface area contributed by atoms with Crippen molar-refractivity contribution >= 4 is 17.2 Å². The van der Waals surface area contributed by atoms with Crippen LogP contribution in [0.1, 0.15) is 23.0 Å². The van der Waals surface area contributed by atoms with Crippen LogP contribution in [0, 0.1) is 0 Å². The summed E-state index contributed by atoms with van der Waals surface area (Å²) in [6.45, 7) is 4.24. The number of aromatic nitrogens is 1. The summed E-state index contributed by atoms with van der Waals surface area (Å²) in [4.78, 5) is 18.5. The maximum atomic E-state index is 12.5. The maximum absolute atomic E-state index is 12.5. The minimum atomic E-state index is 0.0225. The zero-order chi connectivity index (χ0) is 15.4. The second-order valence-electron chi connectivity index (χ2n) is 5.23. The lowest BCUT2D eigenvalue weighted by Gasteiger charge is -2.31. The molecule has 0 unspecified atom stereocenters. The zero-order valence-electron chi connectivity index (χ0n) is 12.4. The van der Waals surface area contributed by atoms with E-state index in [1.54, 1.807) is 11.6 Å². The van der Waals surface area contributed by atoms with E-state index in [-0.39, 0.29) is 12.0 Å². The number of morpholine rings is 1. The van der Waals surface area contributed by atoms with Crippen LogP contribution in [0.4, 0.5) is 0 Å². The molecule has 6 heteroatoms. The molecule has 22 heavy (non-hydrogen) atoms. The van der Waals surface area contributed by atoms with E-state index in [9.17, 15) is 4.79 Å². The monoisotopic (exact) mass is 318 g/mol. The smallest absolute Gasteiger partial charge is 0.254 e. The predicted molar refractivity (Wildman–Crippen MR) is 84.2 cm³/mol. The Morgan fingerprint density at radius 1 is 1.55 bits per heavy atom. The lowest BCUT2D eigenvalue weighted by atomic mass is 10.1. The van der Waals surface area contributed by atoms with E-state index in [0.29, 0.717) is 37.6 Å². The SMILES string of the molecule is C[C@@H]1CN(C(=O)c2cccc(OCc3cscn3)c2)CCO1. The Bertz CT molecular complexity index is 630. The summed E-state index contributed by atoms with van der Waals surface area (Å²) in [7, 11) is 0. The molecule has 1 aromatic heterocycles. The normalized spacial score (nSPS) is 18.2. The van der Waals surface area contributed by atoms with Gasteiger partial charge in [0.15, 0.2) is 0 Å². The fourth-order valence-electron chi connectivity index (χ4n) is 2.37. The summed E-state index contributed by atoms with van der Waals surface area (Å²) < 4.78 is 11.2. The van der Waals surface area contributed by atoms with Gasteiger partial charge in [0, 0.05) is 24.0 Å². The van der Waals surface area contributed by atoms with E-state index in [1.165, 1.54) is 11.3 Å². The van der Waals surface area contributed by atoms with Crippen LogP contribution in [0.2, 0.25) is 0 Å². The summed E-state index contributed by atoms with van der Waals surface area (Å²) in [5.74, 6) is 0.703. The van der Waals surface area contributed by atoms with E-state index in [2.05, 4.69) is 4.98 Å². The molecule has 1 fully saturated rings. The molecular weight excluding hydrogens is 300 g/mol. The van der Waals surface area contributed by atoms with Gasteiger partial charge in [0.2, 0.25) is 0 Å². The molecule has 0 N–H and O–H groups in total. The first kappa shape index (κ1) is 15.0. The molecule has 0 bridgehead atoms. The average Bonchev–Trinajstić information content (AvgIpc) is 3.06. The standard InChI is InChI=1S/C16H18N2O3S/c1-12-8-18(5-6-20-12)16(19)13-3-2-4-15(7-13)21-9-14-10-22-11-17-14/h2-4,7,10-12H,5-6,8-9H2,1H3/t12-/m1/s1. The Hall–Kier alpha value is -1.92. The van der Waals surface area contributed by atoms with Crippen molar-refractivity contribution in [3.63, 3.8) is 0 Å². The molecule has 0 spiro atoms. The first-order valence-electron chi connectivity index (χ1n) is 7.23. The van der Waals surface area contributed by atoms with E-state index in [4.69, 9.17) is 9.47 Å². The Balaban J connectivity index is 1.66. The van der Waals surface area contributed by atoms with E-state index in [1.807, 2.05) is 35.4 Å². The highest BCUT2D eigenvalue weighted by atomic mass is 32.1. The second-order valence-corrected chi connectivity index (χ2v) is 5.95. The number of rotatable bonds is 4. The fraction of sp³-hybridized carbons (Fsp3) is 0.375. The molecule has 1 saturated heterocycles. The van der Waals surface area contributed by atoms with E-state index in [0.717, 1.165) is 5.69 Å². The van der Waals surface area contributed by atoms with Crippen LogP contribution < -0.4 is 4.74 Å². The molecule has 1 amide bonds. The number of amides is 1. The topological polar surface area (TPSA) is 51.7 Å². The minimum Gasteiger partial charge on any atom is -0.487 e. The van der Waals surface area contributed by atoms with Gasteiger partial charge >= 0.3 is 0 Å². The Morgan fingerprint density at radius 3 is 3.23 bits per heavy atom. The number of hydrogen-bond acceptors (Lipinski definition) is 5. The highest BCUT2D eigenvalue weighted by molar-refractivity contribution is 7.07. The molecule has 1 aliphatic heterocycles. The van der Waals surface area contributed by atoms with Crippen LogP contribution in [0.3, 0.4) is 0 Å². The molecule has 3 rings (SSSR count). The van der Waals surface area contributed by atoms with Crippen LogP contribution in [-0.4, -0.2) is 41.6 Å². The van der Waals surface area contributed by atoms with Gasteiger partial charge in [0.25, 0.3) is 5.91 Å². The Labute approximate surface area is 133 Å². The van der Waals surface area contributed by atoms with Crippen LogP contribution in [0.5, 0.6) is 5.75 Å². The third kappa shape index (κ3) is 3.64. The van der Waals surface area contributed by atoms with Crippen LogP contribution in [0.15, 0.2) is 35.2 Å². The van der Waals surface area contributed by atoms with E-state index >= 15 is 0 Å². The maximum Gasteiger partial charge on any atom is 0.254 e. The first-order valence-corrected chi connectivity index (χ1v) is 8.17. The predicted octanol–water partition coefficient (Wildman–Crippen LogP) is 2.58. The van der Waals surface area contributed by atoms with Crippen molar-refractivity contribution in [1.82, 2.24) is 9.88 Å². The fourth-order valence-corrected chi connectivity index (χ4v) is 2.91. The van der Waals surface area contributed by atoms with Crippen LogP contribution in [0.25, 0.3) is 0 Å². The third-order valence-corrected chi connectivity index (χ3v) is 4.11. The molecule has 2 heterocycles. The van der Waals surface area contributed by atoms with E-state index < -0.39 is 0 Å². The van der Waals surface area contributed by atoms with Gasteiger partial charge in [-0.1, -0.05) is 6.07 Å². The number of carbonyl (C=O) groups is 1. The van der Waals surface area contributed by atoms with Gasteiger partial charge in [-0.05, 0) is 25.1 Å². The summed E-state index contributed by atoms with van der Waals surface area (Å²) in [5, 5.41) is 1.95. The highest BCUT2D eigenvalue weighted by Gasteiger charge is 2.22. The molecule has 1 aliphatic rings. The van der Waals surface area contributed by atoms with Crippen molar-refractivity contribution in [3.05, 3.63) is 46.4 Å². The average molecular weight is 318 g/mol. The summed E-state index contributed by atoms with van der Waals surface area (Å²) >= 11 is 1.54. The zero-order valence-corrected chi connectivity index (χ0v) is 13.2. The first-order chi connectivity index (χ1) is 10.7. The molecule has 1 aromatic carbocycles. The third-order valence-electron chi connectivity index (χ3n) is 3.48. The molecule has 0 aliphatic carbocycles. The van der Waals surface area contributed by atoms with Gasteiger partial charge < -0.3 is 14.4 Å². The number of hydrogen-bond donors (Lipinski definition) is 0. The quantitative estimate of drug-likeness (QED) is 0.869. The number of carbonyl (C=O) groups excluding carboxylic acids is 1. The molecule has 2 aromatic rings. The van der Waals surface area contributed by atoms with Gasteiger partial charge in [-0.3, -0.25) is 4.79 Å². The number of ether oxygens (including phenoxy) is 2. The highest BCUT2D eigenvalue weighted by Crippen LogP contribution is 2.18. The van der Waals surface area contributed by atoms with Crippen molar-refractivity contribution < 1.29 is 14.3 Å². The lowest BCUT2D eigenvalue weighted by Crippen LogP contribution is -2.44. The lowest BCUT2D eigenvalue weighted by molar-refractivity contribution is -0.0124. The van der Waals surface area contributed by atoms with Crippen LogP contribution in [-0.2, 0) is 11.3 Å². The number of thiazole rings is 1. The van der Waals surface area contributed by atoms with Crippen molar-refractivity contribution in [2.75, 3.05) is 19.7 Å². The minimum absolute atomic E-state index is 0.0225. The molecule has 5 nitrogen and oxygen atoms in total. The van der Waals surface area contributed by atoms with Gasteiger partial charge in [0.05, 0.1) is 23.9 Å². The second kappa shape index (κ2) is 6.89. The molecular formula is C16H18N2O3S. The Kier molecular flexibility index (Phi) is 4.70. The number of benzene rings is 1. The molecule has 0 saturated carbocycles. The van der Waals surface area contributed by atoms with Crippen molar-refractivity contribution in [3.8, 4) is 5.75 Å². The van der Waals surface area contributed by atoms with Crippen molar-refractivity contribution in [2.24, 2.45) is 0 Å². The van der Waals surface area contributed by atoms with Gasteiger partial charge in [-0.15, -0.1) is 11.3 Å². The Morgan fingerprint density at radius 2 is 2.45 bits per heavy atom. The molecule has 1 atom stereocenters. The van der Waals surface area contributed by atoms with Gasteiger partial charge in [-0.2, -0.15) is 0 Å². The van der Waals surface area contributed by atoms with Crippen molar-refractivity contribution in [2.45, 2.75) is 19.6 Å². The number of nitrogens with zero attached hydrogens (tertiary/aromatic N) is 2. The summed E-state index contributed by atoms with van der Waals surface area (Å²) in [6.07, 6.45) is 0.0850. The van der Waals surface area contributed by atoms with Crippen LogP contribution >= 0.6 is 11.3 Å². The van der Waals surface area contributed by atoms with Gasteiger partial charge in [-0.25, -0.2) is 4.98 Å². The largest absolute Gasteiger partial charge is 0.487 e. The molecule has 0 radical (unpaired) electrons. The van der Waals surface area contributed by atoms with Gasteiger partial charge in [0.1, 0.15) is 12.4 Å². The molecule has 116 valence electrons. The summed E-state index contributed by atoms with van der Waals surface area (Å²) in [5.41, 5.74) is 3.31.